The molecule has 0 bridgehead atoms. The fourth-order valence-electron chi connectivity index (χ4n) is 1.82. The van der Waals surface area contributed by atoms with Crippen LogP contribution in [0, 0.1) is 5.82 Å². The molecular formula is C17H16FNO4. The molecule has 120 valence electrons. The lowest BCUT2D eigenvalue weighted by Gasteiger charge is -2.26. The number of rotatable bonds is 6. The molecule has 0 aliphatic rings. The summed E-state index contributed by atoms with van der Waals surface area (Å²) in [5.74, 6) is -1.83. The number of aliphatic carboxylic acids is 1. The van der Waals surface area contributed by atoms with Gasteiger partial charge in [-0.15, -0.1) is 0 Å². The fourth-order valence-corrected chi connectivity index (χ4v) is 1.82. The number of ether oxygens (including phenoxy) is 1. The SMILES string of the molecule is C[C@](COc1ccccc1)(NC(=O)c1ccc(F)cc1)C(=O)O. The second-order valence-corrected chi connectivity index (χ2v) is 5.20. The second-order valence-electron chi connectivity index (χ2n) is 5.20. The summed E-state index contributed by atoms with van der Waals surface area (Å²) in [7, 11) is 0. The Bertz CT molecular complexity index is 687. The van der Waals surface area contributed by atoms with Gasteiger partial charge < -0.3 is 15.2 Å². The van der Waals surface area contributed by atoms with E-state index < -0.39 is 23.2 Å². The van der Waals surface area contributed by atoms with Gasteiger partial charge in [-0.05, 0) is 43.3 Å². The maximum Gasteiger partial charge on any atom is 0.332 e. The molecule has 0 saturated carbocycles. The van der Waals surface area contributed by atoms with Gasteiger partial charge in [0.2, 0.25) is 0 Å². The van der Waals surface area contributed by atoms with E-state index in [1.54, 1.807) is 30.3 Å². The Morgan fingerprint density at radius 2 is 1.74 bits per heavy atom. The molecule has 0 saturated heterocycles. The smallest absolute Gasteiger partial charge is 0.332 e. The fraction of sp³-hybridized carbons (Fsp3) is 0.176. The van der Waals surface area contributed by atoms with Gasteiger partial charge in [0.05, 0.1) is 0 Å². The van der Waals surface area contributed by atoms with Gasteiger partial charge in [0.15, 0.2) is 5.54 Å². The number of carbonyl (C=O) groups is 2. The molecule has 2 N–H and O–H groups in total. The molecule has 6 heteroatoms. The minimum absolute atomic E-state index is 0.165. The highest BCUT2D eigenvalue weighted by Crippen LogP contribution is 2.14. The van der Waals surface area contributed by atoms with Gasteiger partial charge in [-0.25, -0.2) is 9.18 Å². The monoisotopic (exact) mass is 317 g/mol. The topological polar surface area (TPSA) is 75.6 Å². The number of hydrogen-bond donors (Lipinski definition) is 2. The number of carbonyl (C=O) groups excluding carboxylic acids is 1. The number of halogens is 1. The first-order chi connectivity index (χ1) is 10.9. The van der Waals surface area contributed by atoms with Crippen molar-refractivity contribution in [3.8, 4) is 5.75 Å². The maximum absolute atomic E-state index is 12.9. The lowest BCUT2D eigenvalue weighted by atomic mass is 10.0. The van der Waals surface area contributed by atoms with E-state index in [1.807, 2.05) is 0 Å². The van der Waals surface area contributed by atoms with Crippen LogP contribution in [0.25, 0.3) is 0 Å². The van der Waals surface area contributed by atoms with Crippen molar-refractivity contribution in [3.63, 3.8) is 0 Å². The lowest BCUT2D eigenvalue weighted by molar-refractivity contribution is -0.145. The van der Waals surface area contributed by atoms with Crippen molar-refractivity contribution in [2.75, 3.05) is 6.61 Å². The molecule has 2 aromatic carbocycles. The predicted molar refractivity (Wildman–Crippen MR) is 81.8 cm³/mol. The second kappa shape index (κ2) is 6.91. The average molecular weight is 317 g/mol. The van der Waals surface area contributed by atoms with E-state index in [-0.39, 0.29) is 12.2 Å². The molecule has 0 unspecified atom stereocenters. The highest BCUT2D eigenvalue weighted by molar-refractivity contribution is 5.97. The van der Waals surface area contributed by atoms with Gasteiger partial charge >= 0.3 is 5.97 Å². The molecule has 0 spiro atoms. The zero-order valence-electron chi connectivity index (χ0n) is 12.5. The van der Waals surface area contributed by atoms with Crippen molar-refractivity contribution in [1.29, 1.82) is 0 Å². The van der Waals surface area contributed by atoms with Crippen molar-refractivity contribution >= 4 is 11.9 Å². The van der Waals surface area contributed by atoms with E-state index in [0.29, 0.717) is 5.75 Å². The molecule has 2 aromatic rings. The maximum atomic E-state index is 12.9. The molecule has 0 aliphatic carbocycles. The molecule has 23 heavy (non-hydrogen) atoms. The third-order valence-electron chi connectivity index (χ3n) is 3.24. The number of carboxylic acid groups (broad SMARTS) is 1. The number of carboxylic acids is 1. The minimum atomic E-state index is -1.62. The van der Waals surface area contributed by atoms with Crippen molar-refractivity contribution in [2.45, 2.75) is 12.5 Å². The van der Waals surface area contributed by atoms with E-state index in [0.717, 1.165) is 12.1 Å². The van der Waals surface area contributed by atoms with E-state index in [1.165, 1.54) is 19.1 Å². The van der Waals surface area contributed by atoms with Crippen LogP contribution in [0.1, 0.15) is 17.3 Å². The summed E-state index contributed by atoms with van der Waals surface area (Å²) in [6.45, 7) is 1.10. The number of benzene rings is 2. The predicted octanol–water partition coefficient (Wildman–Crippen LogP) is 2.48. The Labute approximate surface area is 132 Å². The molecule has 2 rings (SSSR count). The molecule has 5 nitrogen and oxygen atoms in total. The van der Waals surface area contributed by atoms with Crippen LogP contribution in [-0.2, 0) is 4.79 Å². The van der Waals surface area contributed by atoms with Crippen molar-refractivity contribution in [3.05, 3.63) is 66.0 Å². The van der Waals surface area contributed by atoms with E-state index in [2.05, 4.69) is 5.32 Å². The Hall–Kier alpha value is -2.89. The molecule has 0 aromatic heterocycles. The molecule has 1 atom stereocenters. The van der Waals surface area contributed by atoms with Crippen LogP contribution in [0.15, 0.2) is 54.6 Å². The number of amides is 1. The van der Waals surface area contributed by atoms with E-state index in [9.17, 15) is 19.1 Å². The largest absolute Gasteiger partial charge is 0.491 e. The van der Waals surface area contributed by atoms with Crippen LogP contribution < -0.4 is 10.1 Å². The van der Waals surface area contributed by atoms with Gasteiger partial charge in [0.25, 0.3) is 5.91 Å². The first-order valence-electron chi connectivity index (χ1n) is 6.90. The van der Waals surface area contributed by atoms with Crippen molar-refractivity contribution in [2.24, 2.45) is 0 Å². The quantitative estimate of drug-likeness (QED) is 0.858. The third-order valence-corrected chi connectivity index (χ3v) is 3.24. The molecule has 0 radical (unpaired) electrons. The summed E-state index contributed by atoms with van der Waals surface area (Å²) >= 11 is 0. The van der Waals surface area contributed by atoms with E-state index in [4.69, 9.17) is 4.74 Å². The lowest BCUT2D eigenvalue weighted by Crippen LogP contribution is -2.56. The third kappa shape index (κ3) is 4.29. The highest BCUT2D eigenvalue weighted by atomic mass is 19.1. The average Bonchev–Trinajstić information content (AvgIpc) is 2.54. The Morgan fingerprint density at radius 3 is 2.30 bits per heavy atom. The number of nitrogens with one attached hydrogen (secondary N) is 1. The Kier molecular flexibility index (Phi) is 4.95. The standard InChI is InChI=1S/C17H16FNO4/c1-17(16(21)22,11-23-14-5-3-2-4-6-14)19-15(20)12-7-9-13(18)10-8-12/h2-10H,11H2,1H3,(H,19,20)(H,21,22)/t17-/m1/s1. The molecule has 1 amide bonds. The molecular weight excluding hydrogens is 301 g/mol. The van der Waals surface area contributed by atoms with Crippen LogP contribution >= 0.6 is 0 Å². The van der Waals surface area contributed by atoms with Gasteiger partial charge in [-0.1, -0.05) is 18.2 Å². The summed E-state index contributed by atoms with van der Waals surface area (Å²) in [4.78, 5) is 23.6. The van der Waals surface area contributed by atoms with Crippen LogP contribution in [0.2, 0.25) is 0 Å². The van der Waals surface area contributed by atoms with Crippen molar-refractivity contribution in [1.82, 2.24) is 5.32 Å². The van der Waals surface area contributed by atoms with Crippen LogP contribution in [-0.4, -0.2) is 29.1 Å². The highest BCUT2D eigenvalue weighted by Gasteiger charge is 2.36. The van der Waals surface area contributed by atoms with Gasteiger partial charge in [0, 0.05) is 5.56 Å². The van der Waals surface area contributed by atoms with Gasteiger partial charge in [-0.3, -0.25) is 4.79 Å². The summed E-state index contributed by atoms with van der Waals surface area (Å²) in [5, 5.41) is 11.8. The minimum Gasteiger partial charge on any atom is -0.491 e. The normalized spacial score (nSPS) is 13.0. The summed E-state index contributed by atoms with van der Waals surface area (Å²) in [6, 6.07) is 13.5. The number of para-hydroxylation sites is 1. The zero-order valence-corrected chi connectivity index (χ0v) is 12.5. The van der Waals surface area contributed by atoms with E-state index >= 15 is 0 Å². The molecule has 0 heterocycles. The van der Waals surface area contributed by atoms with Gasteiger partial charge in [-0.2, -0.15) is 0 Å². The number of hydrogen-bond acceptors (Lipinski definition) is 3. The van der Waals surface area contributed by atoms with Gasteiger partial charge in [0.1, 0.15) is 18.2 Å². The van der Waals surface area contributed by atoms with Crippen molar-refractivity contribution < 1.29 is 23.8 Å². The Balaban J connectivity index is 2.09. The summed E-state index contributed by atoms with van der Waals surface area (Å²) in [6.07, 6.45) is 0. The summed E-state index contributed by atoms with van der Waals surface area (Å²) in [5.41, 5.74) is -1.46. The van der Waals surface area contributed by atoms with Crippen LogP contribution in [0.4, 0.5) is 4.39 Å². The molecule has 0 fully saturated rings. The first kappa shape index (κ1) is 16.5. The Morgan fingerprint density at radius 1 is 1.13 bits per heavy atom. The first-order valence-corrected chi connectivity index (χ1v) is 6.90. The zero-order chi connectivity index (χ0) is 16.9. The summed E-state index contributed by atoms with van der Waals surface area (Å²) < 4.78 is 18.3. The van der Waals surface area contributed by atoms with Crippen LogP contribution in [0.3, 0.4) is 0 Å². The van der Waals surface area contributed by atoms with Crippen LogP contribution in [0.5, 0.6) is 5.75 Å². The molecule has 0 aliphatic heterocycles.